The maximum absolute atomic E-state index is 8.27. The van der Waals surface area contributed by atoms with Crippen LogP contribution in [0.5, 0.6) is 0 Å². The van der Waals surface area contributed by atoms with E-state index in [0.29, 0.717) is 18.4 Å². The van der Waals surface area contributed by atoms with E-state index in [-0.39, 0.29) is 6.79 Å². The van der Waals surface area contributed by atoms with Gasteiger partial charge in [-0.25, -0.2) is 0 Å². The van der Waals surface area contributed by atoms with Gasteiger partial charge in [0.2, 0.25) is 0 Å². The number of rotatable bonds is 4. The van der Waals surface area contributed by atoms with Crippen LogP contribution in [0.3, 0.4) is 0 Å². The monoisotopic (exact) mass is 132 g/mol. The second-order valence-corrected chi connectivity index (χ2v) is 2.72. The summed E-state index contributed by atoms with van der Waals surface area (Å²) in [5.74, 6) is 1.17. The molecule has 0 rings (SSSR count). The summed E-state index contributed by atoms with van der Waals surface area (Å²) in [5.41, 5.74) is 0. The fourth-order valence-electron chi connectivity index (χ4n) is 0.431. The van der Waals surface area contributed by atoms with E-state index in [0.717, 1.165) is 0 Å². The van der Waals surface area contributed by atoms with Gasteiger partial charge >= 0.3 is 0 Å². The third-order valence-corrected chi connectivity index (χ3v) is 1.61. The van der Waals surface area contributed by atoms with Crippen LogP contribution in [0.2, 0.25) is 0 Å². The summed E-state index contributed by atoms with van der Waals surface area (Å²) in [6.07, 6.45) is 0. The number of hydrogen-bond donors (Lipinski definition) is 1. The van der Waals surface area contributed by atoms with Crippen molar-refractivity contribution < 1.29 is 9.84 Å². The first-order valence-corrected chi connectivity index (χ1v) is 3.37. The van der Waals surface area contributed by atoms with Gasteiger partial charge < -0.3 is 9.84 Å². The van der Waals surface area contributed by atoms with E-state index < -0.39 is 0 Å². The van der Waals surface area contributed by atoms with Crippen molar-refractivity contribution in [2.24, 2.45) is 11.8 Å². The van der Waals surface area contributed by atoms with Crippen LogP contribution in [0.15, 0.2) is 0 Å². The average molecular weight is 132 g/mol. The zero-order valence-electron chi connectivity index (χ0n) is 6.42. The highest BCUT2D eigenvalue weighted by Crippen LogP contribution is 2.08. The van der Waals surface area contributed by atoms with Crippen molar-refractivity contribution in [2.75, 3.05) is 13.4 Å². The molecule has 1 unspecified atom stereocenters. The van der Waals surface area contributed by atoms with Crippen molar-refractivity contribution in [1.29, 1.82) is 0 Å². The number of aliphatic hydroxyl groups is 1. The van der Waals surface area contributed by atoms with Crippen LogP contribution in [0.4, 0.5) is 0 Å². The van der Waals surface area contributed by atoms with Crippen molar-refractivity contribution in [3.8, 4) is 0 Å². The summed E-state index contributed by atoms with van der Waals surface area (Å²) in [6.45, 7) is 6.91. The highest BCUT2D eigenvalue weighted by Gasteiger charge is 2.05. The van der Waals surface area contributed by atoms with E-state index in [1.165, 1.54) is 0 Å². The molecule has 0 aromatic carbocycles. The first-order chi connectivity index (χ1) is 4.18. The standard InChI is InChI=1S/C7H16O2/c1-6(2)7(3)4-9-5-8/h6-8H,4-5H2,1-3H3. The van der Waals surface area contributed by atoms with E-state index in [9.17, 15) is 0 Å². The zero-order valence-corrected chi connectivity index (χ0v) is 6.42. The van der Waals surface area contributed by atoms with Gasteiger partial charge in [0.1, 0.15) is 6.79 Å². The van der Waals surface area contributed by atoms with Gasteiger partial charge in [0.05, 0.1) is 6.61 Å². The fourth-order valence-corrected chi connectivity index (χ4v) is 0.431. The van der Waals surface area contributed by atoms with Gasteiger partial charge in [-0.15, -0.1) is 0 Å². The molecule has 2 heteroatoms. The minimum Gasteiger partial charge on any atom is -0.371 e. The predicted octanol–water partition coefficient (Wildman–Crippen LogP) is 1.24. The summed E-state index contributed by atoms with van der Waals surface area (Å²) < 4.78 is 4.81. The first-order valence-electron chi connectivity index (χ1n) is 3.37. The smallest absolute Gasteiger partial charge is 0.143 e. The van der Waals surface area contributed by atoms with Crippen LogP contribution in [0.1, 0.15) is 20.8 Å². The molecule has 0 bridgehead atoms. The third-order valence-electron chi connectivity index (χ3n) is 1.61. The van der Waals surface area contributed by atoms with Gasteiger partial charge in [-0.2, -0.15) is 0 Å². The first kappa shape index (κ1) is 8.92. The molecule has 56 valence electrons. The van der Waals surface area contributed by atoms with Crippen LogP contribution < -0.4 is 0 Å². The van der Waals surface area contributed by atoms with E-state index in [4.69, 9.17) is 9.84 Å². The minimum atomic E-state index is -0.156. The van der Waals surface area contributed by atoms with Crippen molar-refractivity contribution in [2.45, 2.75) is 20.8 Å². The Morgan fingerprint density at radius 2 is 1.89 bits per heavy atom. The average Bonchev–Trinajstić information content (AvgIpc) is 1.82. The number of ether oxygens (including phenoxy) is 1. The van der Waals surface area contributed by atoms with Gasteiger partial charge in [0.15, 0.2) is 0 Å². The maximum Gasteiger partial charge on any atom is 0.143 e. The Morgan fingerprint density at radius 1 is 1.33 bits per heavy atom. The second-order valence-electron chi connectivity index (χ2n) is 2.72. The summed E-state index contributed by atoms with van der Waals surface area (Å²) in [6, 6.07) is 0. The molecule has 0 aromatic heterocycles. The highest BCUT2D eigenvalue weighted by molar-refractivity contribution is 4.53. The maximum atomic E-state index is 8.27. The molecule has 0 aliphatic heterocycles. The van der Waals surface area contributed by atoms with Crippen molar-refractivity contribution >= 4 is 0 Å². The van der Waals surface area contributed by atoms with Gasteiger partial charge in [-0.1, -0.05) is 20.8 Å². The molecule has 0 radical (unpaired) electrons. The van der Waals surface area contributed by atoms with Crippen LogP contribution in [-0.4, -0.2) is 18.5 Å². The van der Waals surface area contributed by atoms with E-state index in [2.05, 4.69) is 20.8 Å². The van der Waals surface area contributed by atoms with Gasteiger partial charge in [-0.05, 0) is 11.8 Å². The lowest BCUT2D eigenvalue weighted by atomic mass is 10.00. The number of hydrogen-bond acceptors (Lipinski definition) is 2. The lowest BCUT2D eigenvalue weighted by Gasteiger charge is -2.13. The van der Waals surface area contributed by atoms with Crippen LogP contribution in [0.25, 0.3) is 0 Å². The quantitative estimate of drug-likeness (QED) is 0.583. The SMILES string of the molecule is CC(C)C(C)COCO. The predicted molar refractivity (Wildman–Crippen MR) is 37.0 cm³/mol. The summed E-state index contributed by atoms with van der Waals surface area (Å²) >= 11 is 0. The lowest BCUT2D eigenvalue weighted by Crippen LogP contribution is -2.12. The van der Waals surface area contributed by atoms with E-state index in [1.807, 2.05) is 0 Å². The topological polar surface area (TPSA) is 29.5 Å². The van der Waals surface area contributed by atoms with Crippen LogP contribution in [0, 0.1) is 11.8 Å². The minimum absolute atomic E-state index is 0.156. The molecular weight excluding hydrogens is 116 g/mol. The van der Waals surface area contributed by atoms with E-state index >= 15 is 0 Å². The van der Waals surface area contributed by atoms with E-state index in [1.54, 1.807) is 0 Å². The molecule has 0 aromatic rings. The third kappa shape index (κ3) is 4.43. The molecule has 0 fully saturated rings. The Bertz CT molecular complexity index is 61.9. The van der Waals surface area contributed by atoms with Gasteiger partial charge in [0.25, 0.3) is 0 Å². The molecule has 9 heavy (non-hydrogen) atoms. The molecule has 0 amide bonds. The Kier molecular flexibility index (Phi) is 4.72. The van der Waals surface area contributed by atoms with Gasteiger partial charge in [0, 0.05) is 0 Å². The Hall–Kier alpha value is -0.0800. The molecule has 0 saturated heterocycles. The molecule has 0 saturated carbocycles. The van der Waals surface area contributed by atoms with Gasteiger partial charge in [-0.3, -0.25) is 0 Å². The second kappa shape index (κ2) is 4.77. The molecule has 0 aliphatic rings. The highest BCUT2D eigenvalue weighted by atomic mass is 16.6. The molecule has 0 spiro atoms. The van der Waals surface area contributed by atoms with Crippen molar-refractivity contribution in [3.05, 3.63) is 0 Å². The van der Waals surface area contributed by atoms with Crippen LogP contribution in [-0.2, 0) is 4.74 Å². The molecule has 0 heterocycles. The largest absolute Gasteiger partial charge is 0.371 e. The zero-order chi connectivity index (χ0) is 7.28. The Balaban J connectivity index is 3.16. The molecular formula is C7H16O2. The molecule has 1 N–H and O–H groups in total. The summed E-state index contributed by atoms with van der Waals surface area (Å²) in [7, 11) is 0. The molecule has 0 aliphatic carbocycles. The Labute approximate surface area is 56.8 Å². The molecule has 2 nitrogen and oxygen atoms in total. The lowest BCUT2D eigenvalue weighted by molar-refractivity contribution is -0.0210. The molecule has 1 atom stereocenters. The summed E-state index contributed by atoms with van der Waals surface area (Å²) in [5, 5.41) is 8.27. The Morgan fingerprint density at radius 3 is 2.22 bits per heavy atom. The normalized spacial score (nSPS) is 14.3. The van der Waals surface area contributed by atoms with Crippen molar-refractivity contribution in [1.82, 2.24) is 0 Å². The number of aliphatic hydroxyl groups excluding tert-OH is 1. The fraction of sp³-hybridized carbons (Fsp3) is 1.00. The summed E-state index contributed by atoms with van der Waals surface area (Å²) in [4.78, 5) is 0. The van der Waals surface area contributed by atoms with Crippen LogP contribution >= 0.6 is 0 Å². The van der Waals surface area contributed by atoms with Crippen molar-refractivity contribution in [3.63, 3.8) is 0 Å².